The molecule has 2 amide bonds. The quantitative estimate of drug-likeness (QED) is 0.642. The molecule has 2 aromatic carbocycles. The van der Waals surface area contributed by atoms with E-state index in [-0.39, 0.29) is 19.1 Å². The van der Waals surface area contributed by atoms with Gasteiger partial charge in [0.05, 0.1) is 20.3 Å². The van der Waals surface area contributed by atoms with E-state index in [2.05, 4.69) is 6.07 Å². The highest BCUT2D eigenvalue weighted by molar-refractivity contribution is 7.13. The van der Waals surface area contributed by atoms with Gasteiger partial charge < -0.3 is 20.1 Å². The van der Waals surface area contributed by atoms with Crippen LogP contribution in [0, 0.1) is 0 Å². The third kappa shape index (κ3) is 4.47. The number of thiophene rings is 1. The van der Waals surface area contributed by atoms with Crippen molar-refractivity contribution in [2.45, 2.75) is 12.0 Å². The number of benzene rings is 2. The SMILES string of the molecule is COc1cccc(C(=O)N2CCOC(Cc3ccc(-c4cccs4)cc3)(C(N)=O)C2)c1. The van der Waals surface area contributed by atoms with E-state index < -0.39 is 11.5 Å². The molecular formula is C24H24N2O4S. The van der Waals surface area contributed by atoms with E-state index in [0.29, 0.717) is 24.3 Å². The molecule has 1 unspecified atom stereocenters. The second kappa shape index (κ2) is 8.91. The van der Waals surface area contributed by atoms with Crippen LogP contribution in [-0.2, 0) is 16.0 Å². The van der Waals surface area contributed by atoms with Gasteiger partial charge in [0.15, 0.2) is 5.60 Å². The van der Waals surface area contributed by atoms with Gasteiger partial charge in [-0.25, -0.2) is 0 Å². The molecule has 4 rings (SSSR count). The summed E-state index contributed by atoms with van der Waals surface area (Å²) in [6.45, 7) is 0.735. The first-order chi connectivity index (χ1) is 15.0. The summed E-state index contributed by atoms with van der Waals surface area (Å²) in [5, 5.41) is 2.04. The van der Waals surface area contributed by atoms with E-state index in [1.165, 1.54) is 4.88 Å². The minimum absolute atomic E-state index is 0.102. The van der Waals surface area contributed by atoms with Crippen molar-refractivity contribution in [2.75, 3.05) is 26.8 Å². The summed E-state index contributed by atoms with van der Waals surface area (Å²) in [5.41, 5.74) is 7.06. The first-order valence-electron chi connectivity index (χ1n) is 10.0. The van der Waals surface area contributed by atoms with E-state index >= 15 is 0 Å². The predicted octanol–water partition coefficient (Wildman–Crippen LogP) is 3.36. The van der Waals surface area contributed by atoms with Crippen LogP contribution in [0.25, 0.3) is 10.4 Å². The van der Waals surface area contributed by atoms with Gasteiger partial charge in [-0.2, -0.15) is 0 Å². The van der Waals surface area contributed by atoms with Crippen LogP contribution in [0.2, 0.25) is 0 Å². The van der Waals surface area contributed by atoms with Crippen LogP contribution in [0.3, 0.4) is 0 Å². The molecular weight excluding hydrogens is 412 g/mol. The van der Waals surface area contributed by atoms with E-state index in [0.717, 1.165) is 11.1 Å². The molecule has 1 fully saturated rings. The summed E-state index contributed by atoms with van der Waals surface area (Å²) in [6, 6.07) is 19.1. The molecule has 0 aliphatic carbocycles. The predicted molar refractivity (Wildman–Crippen MR) is 120 cm³/mol. The van der Waals surface area contributed by atoms with E-state index in [1.54, 1.807) is 47.6 Å². The lowest BCUT2D eigenvalue weighted by atomic mass is 9.90. The molecule has 1 saturated heterocycles. The number of ether oxygens (including phenoxy) is 2. The number of hydrogen-bond acceptors (Lipinski definition) is 5. The summed E-state index contributed by atoms with van der Waals surface area (Å²) in [6.07, 6.45) is 0.301. The van der Waals surface area contributed by atoms with Gasteiger partial charge in [-0.05, 0) is 40.8 Å². The first kappa shape index (κ1) is 21.1. The van der Waals surface area contributed by atoms with Crippen LogP contribution in [0.4, 0.5) is 0 Å². The third-order valence-corrected chi connectivity index (χ3v) is 6.41. The van der Waals surface area contributed by atoms with Crippen LogP contribution in [0.5, 0.6) is 5.75 Å². The zero-order valence-electron chi connectivity index (χ0n) is 17.2. The number of amides is 2. The van der Waals surface area contributed by atoms with E-state index in [4.69, 9.17) is 15.2 Å². The van der Waals surface area contributed by atoms with Gasteiger partial charge >= 0.3 is 0 Å². The molecule has 0 spiro atoms. The first-order valence-corrected chi connectivity index (χ1v) is 10.9. The van der Waals surface area contributed by atoms with Crippen molar-refractivity contribution in [1.29, 1.82) is 0 Å². The number of methoxy groups -OCH3 is 1. The summed E-state index contributed by atoms with van der Waals surface area (Å²) < 4.78 is 11.1. The van der Waals surface area contributed by atoms with Crippen molar-refractivity contribution in [3.05, 3.63) is 77.2 Å². The van der Waals surface area contributed by atoms with Crippen molar-refractivity contribution in [2.24, 2.45) is 5.73 Å². The Morgan fingerprint density at radius 1 is 1.16 bits per heavy atom. The smallest absolute Gasteiger partial charge is 0.254 e. The van der Waals surface area contributed by atoms with Gasteiger partial charge in [0.1, 0.15) is 5.75 Å². The van der Waals surface area contributed by atoms with Gasteiger partial charge in [-0.15, -0.1) is 11.3 Å². The monoisotopic (exact) mass is 436 g/mol. The van der Waals surface area contributed by atoms with Crippen LogP contribution < -0.4 is 10.5 Å². The molecule has 1 atom stereocenters. The van der Waals surface area contributed by atoms with Crippen LogP contribution in [-0.4, -0.2) is 49.1 Å². The standard InChI is InChI=1S/C24H24N2O4S/c1-29-20-5-2-4-19(14-20)22(27)26-11-12-30-24(16-26,23(25)28)15-17-7-9-18(10-8-17)21-6-3-13-31-21/h2-10,13-14H,11-12,15-16H2,1H3,(H2,25,28). The van der Waals surface area contributed by atoms with Gasteiger partial charge in [-0.3, -0.25) is 9.59 Å². The van der Waals surface area contributed by atoms with Crippen molar-refractivity contribution in [1.82, 2.24) is 4.90 Å². The fourth-order valence-corrected chi connectivity index (χ4v) is 4.53. The largest absolute Gasteiger partial charge is 0.497 e. The molecule has 0 radical (unpaired) electrons. The minimum atomic E-state index is -1.27. The second-order valence-corrected chi connectivity index (χ2v) is 8.46. The maximum atomic E-state index is 13.1. The highest BCUT2D eigenvalue weighted by Crippen LogP contribution is 2.28. The molecule has 2 N–H and O–H groups in total. The second-order valence-electron chi connectivity index (χ2n) is 7.52. The Bertz CT molecular complexity index is 1070. The van der Waals surface area contributed by atoms with Crippen molar-refractivity contribution < 1.29 is 19.1 Å². The molecule has 160 valence electrons. The molecule has 0 bridgehead atoms. The van der Waals surface area contributed by atoms with Crippen molar-refractivity contribution >= 4 is 23.2 Å². The number of carbonyl (C=O) groups is 2. The molecule has 6 nitrogen and oxygen atoms in total. The lowest BCUT2D eigenvalue weighted by Crippen LogP contribution is -2.61. The van der Waals surface area contributed by atoms with Crippen LogP contribution in [0.15, 0.2) is 66.0 Å². The molecule has 1 aliphatic heterocycles. The van der Waals surface area contributed by atoms with Gasteiger partial charge in [0.25, 0.3) is 11.8 Å². The number of carbonyl (C=O) groups excluding carboxylic acids is 2. The van der Waals surface area contributed by atoms with Gasteiger partial charge in [0.2, 0.25) is 0 Å². The van der Waals surface area contributed by atoms with Gasteiger partial charge in [0, 0.05) is 23.4 Å². The van der Waals surface area contributed by atoms with Crippen LogP contribution in [0.1, 0.15) is 15.9 Å². The summed E-state index contributed by atoms with van der Waals surface area (Å²) in [4.78, 5) is 28.4. The normalized spacial score (nSPS) is 18.5. The van der Waals surface area contributed by atoms with Crippen molar-refractivity contribution in [3.63, 3.8) is 0 Å². The number of nitrogens with zero attached hydrogens (tertiary/aromatic N) is 1. The Balaban J connectivity index is 1.54. The average molecular weight is 437 g/mol. The highest BCUT2D eigenvalue weighted by Gasteiger charge is 2.44. The molecule has 3 aromatic rings. The zero-order valence-corrected chi connectivity index (χ0v) is 18.1. The summed E-state index contributed by atoms with van der Waals surface area (Å²) in [5.74, 6) is -0.148. The fraction of sp³-hybridized carbons (Fsp3) is 0.250. The molecule has 1 aliphatic rings. The number of morpholine rings is 1. The average Bonchev–Trinajstić information content (AvgIpc) is 3.34. The number of primary amides is 1. The van der Waals surface area contributed by atoms with Crippen LogP contribution >= 0.6 is 11.3 Å². The highest BCUT2D eigenvalue weighted by atomic mass is 32.1. The summed E-state index contributed by atoms with van der Waals surface area (Å²) >= 11 is 1.67. The van der Waals surface area contributed by atoms with Crippen molar-refractivity contribution in [3.8, 4) is 16.2 Å². The fourth-order valence-electron chi connectivity index (χ4n) is 3.80. The molecule has 1 aromatic heterocycles. The Morgan fingerprint density at radius 2 is 1.97 bits per heavy atom. The molecule has 0 saturated carbocycles. The number of hydrogen-bond donors (Lipinski definition) is 1. The third-order valence-electron chi connectivity index (χ3n) is 5.49. The Morgan fingerprint density at radius 3 is 2.65 bits per heavy atom. The summed E-state index contributed by atoms with van der Waals surface area (Å²) in [7, 11) is 1.56. The number of rotatable bonds is 6. The molecule has 31 heavy (non-hydrogen) atoms. The molecule has 2 heterocycles. The Hall–Kier alpha value is -3.16. The molecule has 7 heteroatoms. The van der Waals surface area contributed by atoms with E-state index in [1.807, 2.05) is 35.7 Å². The van der Waals surface area contributed by atoms with Gasteiger partial charge in [-0.1, -0.05) is 36.4 Å². The Labute approximate surface area is 185 Å². The zero-order chi connectivity index (χ0) is 21.8. The minimum Gasteiger partial charge on any atom is -0.497 e. The maximum absolute atomic E-state index is 13.1. The lowest BCUT2D eigenvalue weighted by molar-refractivity contribution is -0.153. The Kier molecular flexibility index (Phi) is 6.06. The van der Waals surface area contributed by atoms with E-state index in [9.17, 15) is 9.59 Å². The topological polar surface area (TPSA) is 81.9 Å². The maximum Gasteiger partial charge on any atom is 0.254 e. The lowest BCUT2D eigenvalue weighted by Gasteiger charge is -2.40. The number of nitrogens with two attached hydrogens (primary N) is 1.